The van der Waals surface area contributed by atoms with Crippen LogP contribution in [-0.4, -0.2) is 42.7 Å². The second kappa shape index (κ2) is 6.97. The van der Waals surface area contributed by atoms with Crippen LogP contribution < -0.4 is 4.74 Å². The van der Waals surface area contributed by atoms with Crippen molar-refractivity contribution in [2.75, 3.05) is 26.2 Å². The molecule has 0 bridgehead atoms. The fourth-order valence-electron chi connectivity index (χ4n) is 3.06. The number of benzene rings is 2. The summed E-state index contributed by atoms with van der Waals surface area (Å²) in [5, 5.41) is 0. The number of nitrogens with zero attached hydrogens (tertiary/aromatic N) is 1. The molecule has 0 saturated heterocycles. The Labute approximate surface area is 142 Å². The summed E-state index contributed by atoms with van der Waals surface area (Å²) in [5.41, 5.74) is 1.74. The molecule has 1 aliphatic rings. The Balaban J connectivity index is 1.90. The molecular weight excluding hydrogens is 302 g/mol. The summed E-state index contributed by atoms with van der Waals surface area (Å²) in [6.07, 6.45) is 0. The quantitative estimate of drug-likeness (QED) is 0.699. The van der Waals surface area contributed by atoms with E-state index in [9.17, 15) is 9.59 Å². The second-order valence-electron chi connectivity index (χ2n) is 5.76. The smallest absolute Gasteiger partial charge is 0.198 e. The van der Waals surface area contributed by atoms with Gasteiger partial charge in [-0.2, -0.15) is 0 Å². The molecule has 0 atom stereocenters. The number of ketones is 2. The first-order valence-electron chi connectivity index (χ1n) is 8.34. The summed E-state index contributed by atoms with van der Waals surface area (Å²) < 4.78 is 5.86. The number of fused-ring (bicyclic) bond motifs is 2. The molecule has 0 radical (unpaired) electrons. The number of hydrogen-bond acceptors (Lipinski definition) is 4. The molecule has 24 heavy (non-hydrogen) atoms. The molecule has 4 nitrogen and oxygen atoms in total. The molecule has 2 aromatic carbocycles. The number of ether oxygens (including phenoxy) is 1. The van der Waals surface area contributed by atoms with E-state index in [4.69, 9.17) is 4.74 Å². The van der Waals surface area contributed by atoms with Crippen LogP contribution in [0.1, 0.15) is 45.7 Å². The van der Waals surface area contributed by atoms with Crippen LogP contribution in [0, 0.1) is 0 Å². The lowest BCUT2D eigenvalue weighted by Gasteiger charge is -2.22. The first kappa shape index (κ1) is 16.4. The van der Waals surface area contributed by atoms with Gasteiger partial charge < -0.3 is 9.64 Å². The van der Waals surface area contributed by atoms with Gasteiger partial charge in [-0.3, -0.25) is 9.59 Å². The summed E-state index contributed by atoms with van der Waals surface area (Å²) in [6, 6.07) is 12.2. The molecule has 1 aliphatic carbocycles. The topological polar surface area (TPSA) is 46.6 Å². The van der Waals surface area contributed by atoms with Gasteiger partial charge >= 0.3 is 0 Å². The van der Waals surface area contributed by atoms with Gasteiger partial charge in [-0.15, -0.1) is 0 Å². The Kier molecular flexibility index (Phi) is 4.76. The van der Waals surface area contributed by atoms with Crippen molar-refractivity contribution in [2.24, 2.45) is 0 Å². The van der Waals surface area contributed by atoms with Gasteiger partial charge in [-0.1, -0.05) is 50.2 Å². The van der Waals surface area contributed by atoms with E-state index in [1.54, 1.807) is 42.5 Å². The SMILES string of the molecule is CCN(CC)CCOc1cccc2c1C(=O)c1ccccc1C2=O. The highest BCUT2D eigenvalue weighted by atomic mass is 16.5. The lowest BCUT2D eigenvalue weighted by Crippen LogP contribution is -2.28. The molecule has 0 unspecified atom stereocenters. The minimum atomic E-state index is -0.140. The van der Waals surface area contributed by atoms with Crippen molar-refractivity contribution in [2.45, 2.75) is 13.8 Å². The molecule has 124 valence electrons. The Morgan fingerprint density at radius 2 is 1.46 bits per heavy atom. The van der Waals surface area contributed by atoms with Gasteiger partial charge in [-0.25, -0.2) is 0 Å². The predicted molar refractivity (Wildman–Crippen MR) is 93.0 cm³/mol. The minimum absolute atomic E-state index is 0.116. The summed E-state index contributed by atoms with van der Waals surface area (Å²) in [5.74, 6) is 0.237. The second-order valence-corrected chi connectivity index (χ2v) is 5.76. The third-order valence-electron chi connectivity index (χ3n) is 4.47. The monoisotopic (exact) mass is 323 g/mol. The molecule has 0 amide bonds. The van der Waals surface area contributed by atoms with Crippen molar-refractivity contribution in [3.8, 4) is 5.75 Å². The van der Waals surface area contributed by atoms with Crippen LogP contribution in [0.15, 0.2) is 42.5 Å². The minimum Gasteiger partial charge on any atom is -0.491 e. The molecule has 0 saturated carbocycles. The first-order chi connectivity index (χ1) is 11.7. The van der Waals surface area contributed by atoms with E-state index in [0.29, 0.717) is 34.6 Å². The highest BCUT2D eigenvalue weighted by Gasteiger charge is 2.31. The molecule has 3 rings (SSSR count). The van der Waals surface area contributed by atoms with Crippen LogP contribution in [0.25, 0.3) is 0 Å². The fraction of sp³-hybridized carbons (Fsp3) is 0.300. The van der Waals surface area contributed by atoms with E-state index >= 15 is 0 Å². The average Bonchev–Trinajstić information content (AvgIpc) is 2.63. The standard InChI is InChI=1S/C20H21NO3/c1-3-21(4-2)12-13-24-17-11-7-10-16-18(17)20(23)15-9-6-5-8-14(15)19(16)22/h5-11H,3-4,12-13H2,1-2H3. The Morgan fingerprint density at radius 3 is 2.12 bits per heavy atom. The van der Waals surface area contributed by atoms with E-state index in [-0.39, 0.29) is 11.6 Å². The van der Waals surface area contributed by atoms with Gasteiger partial charge in [0.2, 0.25) is 0 Å². The van der Waals surface area contributed by atoms with Gasteiger partial charge in [0.1, 0.15) is 12.4 Å². The third-order valence-corrected chi connectivity index (χ3v) is 4.47. The lowest BCUT2D eigenvalue weighted by molar-refractivity contribution is 0.0975. The zero-order valence-electron chi connectivity index (χ0n) is 14.0. The van der Waals surface area contributed by atoms with Crippen LogP contribution in [0.5, 0.6) is 5.75 Å². The van der Waals surface area contributed by atoms with Crippen molar-refractivity contribution in [3.63, 3.8) is 0 Å². The number of rotatable bonds is 6. The van der Waals surface area contributed by atoms with Crippen LogP contribution in [0.4, 0.5) is 0 Å². The first-order valence-corrected chi connectivity index (χ1v) is 8.34. The van der Waals surface area contributed by atoms with E-state index in [1.807, 2.05) is 0 Å². The number of carbonyl (C=O) groups is 2. The van der Waals surface area contributed by atoms with Crippen molar-refractivity contribution in [1.82, 2.24) is 4.90 Å². The van der Waals surface area contributed by atoms with Gasteiger partial charge in [0.25, 0.3) is 0 Å². The molecule has 2 aromatic rings. The number of hydrogen-bond donors (Lipinski definition) is 0. The van der Waals surface area contributed by atoms with Gasteiger partial charge in [0.05, 0.1) is 5.56 Å². The molecular formula is C20H21NO3. The fourth-order valence-corrected chi connectivity index (χ4v) is 3.06. The van der Waals surface area contributed by atoms with Gasteiger partial charge in [-0.05, 0) is 19.2 Å². The maximum absolute atomic E-state index is 12.8. The maximum atomic E-state index is 12.8. The van der Waals surface area contributed by atoms with E-state index in [0.717, 1.165) is 19.6 Å². The summed E-state index contributed by atoms with van der Waals surface area (Å²) in [7, 11) is 0. The van der Waals surface area contributed by atoms with Crippen LogP contribution >= 0.6 is 0 Å². The molecule has 0 spiro atoms. The summed E-state index contributed by atoms with van der Waals surface area (Å²) in [6.45, 7) is 7.39. The number of likely N-dealkylation sites (N-methyl/N-ethyl adjacent to an activating group) is 1. The maximum Gasteiger partial charge on any atom is 0.198 e. The summed E-state index contributed by atoms with van der Waals surface area (Å²) >= 11 is 0. The molecule has 0 aromatic heterocycles. The third kappa shape index (κ3) is 2.85. The molecule has 0 N–H and O–H groups in total. The van der Waals surface area contributed by atoms with Crippen molar-refractivity contribution in [3.05, 3.63) is 64.7 Å². The van der Waals surface area contributed by atoms with E-state index < -0.39 is 0 Å². The number of carbonyl (C=O) groups excluding carboxylic acids is 2. The molecule has 0 heterocycles. The van der Waals surface area contributed by atoms with Crippen LogP contribution in [-0.2, 0) is 0 Å². The van der Waals surface area contributed by atoms with Crippen molar-refractivity contribution < 1.29 is 14.3 Å². The highest BCUT2D eigenvalue weighted by molar-refractivity contribution is 6.29. The van der Waals surface area contributed by atoms with Crippen LogP contribution in [0.2, 0.25) is 0 Å². The molecule has 0 aliphatic heterocycles. The highest BCUT2D eigenvalue weighted by Crippen LogP contribution is 2.33. The van der Waals surface area contributed by atoms with Gasteiger partial charge in [0.15, 0.2) is 11.6 Å². The van der Waals surface area contributed by atoms with E-state index in [1.165, 1.54) is 0 Å². The van der Waals surface area contributed by atoms with Crippen molar-refractivity contribution in [1.29, 1.82) is 0 Å². The van der Waals surface area contributed by atoms with Crippen LogP contribution in [0.3, 0.4) is 0 Å². The Hall–Kier alpha value is -2.46. The zero-order valence-corrected chi connectivity index (χ0v) is 14.0. The van der Waals surface area contributed by atoms with Gasteiger partial charge in [0, 0.05) is 23.2 Å². The predicted octanol–water partition coefficient (Wildman–Crippen LogP) is 3.18. The Bertz CT molecular complexity index is 778. The molecule has 4 heteroatoms. The molecule has 0 fully saturated rings. The van der Waals surface area contributed by atoms with E-state index in [2.05, 4.69) is 18.7 Å². The largest absolute Gasteiger partial charge is 0.491 e. The summed E-state index contributed by atoms with van der Waals surface area (Å²) in [4.78, 5) is 27.8. The normalized spacial score (nSPS) is 13.0. The Morgan fingerprint density at radius 1 is 0.833 bits per heavy atom. The van der Waals surface area contributed by atoms with Crippen molar-refractivity contribution >= 4 is 11.6 Å². The average molecular weight is 323 g/mol. The zero-order chi connectivity index (χ0) is 17.1. The lowest BCUT2D eigenvalue weighted by atomic mass is 9.83.